The van der Waals surface area contributed by atoms with Crippen LogP contribution in [0.25, 0.3) is 0 Å². The van der Waals surface area contributed by atoms with Crippen molar-refractivity contribution in [2.45, 2.75) is 19.3 Å². The van der Waals surface area contributed by atoms with Crippen molar-refractivity contribution in [2.75, 3.05) is 12.4 Å². The number of hydrogen-bond donors (Lipinski definition) is 1. The lowest BCUT2D eigenvalue weighted by molar-refractivity contribution is -0.384. The number of benzene rings is 1. The Balaban J connectivity index is 1.99. The van der Waals surface area contributed by atoms with E-state index in [4.69, 9.17) is 4.74 Å². The van der Waals surface area contributed by atoms with Crippen LogP contribution in [0.4, 0.5) is 5.69 Å². The van der Waals surface area contributed by atoms with Crippen LogP contribution in [0.1, 0.15) is 19.3 Å². The Morgan fingerprint density at radius 2 is 2.24 bits per heavy atom. The molecule has 0 heterocycles. The maximum Gasteiger partial charge on any atom is 0.273 e. The molecule has 1 aliphatic carbocycles. The van der Waals surface area contributed by atoms with Crippen LogP contribution >= 0.6 is 12.6 Å². The van der Waals surface area contributed by atoms with Gasteiger partial charge in [0.15, 0.2) is 0 Å². The first-order chi connectivity index (χ1) is 8.15. The van der Waals surface area contributed by atoms with E-state index in [2.05, 4.69) is 12.6 Å². The molecule has 0 saturated heterocycles. The van der Waals surface area contributed by atoms with Gasteiger partial charge in [0.05, 0.1) is 17.6 Å². The molecule has 17 heavy (non-hydrogen) atoms. The molecule has 0 radical (unpaired) electrons. The van der Waals surface area contributed by atoms with Crippen LogP contribution in [0.5, 0.6) is 5.75 Å². The molecule has 0 unspecified atom stereocenters. The first-order valence-corrected chi connectivity index (χ1v) is 6.27. The van der Waals surface area contributed by atoms with Crippen molar-refractivity contribution in [3.05, 3.63) is 34.4 Å². The molecule has 4 nitrogen and oxygen atoms in total. The first-order valence-electron chi connectivity index (χ1n) is 5.63. The van der Waals surface area contributed by atoms with E-state index >= 15 is 0 Å². The minimum atomic E-state index is -0.412. The third-order valence-electron chi connectivity index (χ3n) is 3.32. The number of nitro benzene ring substituents is 1. The lowest BCUT2D eigenvalue weighted by Gasteiger charge is -2.40. The summed E-state index contributed by atoms with van der Waals surface area (Å²) in [6.45, 7) is 0.595. The molecule has 1 aliphatic rings. The van der Waals surface area contributed by atoms with E-state index in [0.717, 1.165) is 18.6 Å². The van der Waals surface area contributed by atoms with Gasteiger partial charge in [0, 0.05) is 11.5 Å². The minimum Gasteiger partial charge on any atom is -0.493 e. The third-order valence-corrected chi connectivity index (χ3v) is 3.99. The second-order valence-electron chi connectivity index (χ2n) is 4.55. The lowest BCUT2D eigenvalue weighted by atomic mass is 9.71. The monoisotopic (exact) mass is 253 g/mol. The Labute approximate surface area is 106 Å². The summed E-state index contributed by atoms with van der Waals surface area (Å²) >= 11 is 4.34. The van der Waals surface area contributed by atoms with Gasteiger partial charge in [-0.05, 0) is 24.7 Å². The zero-order chi connectivity index (χ0) is 12.3. The van der Waals surface area contributed by atoms with Gasteiger partial charge in [0.2, 0.25) is 0 Å². The molecule has 1 saturated carbocycles. The Morgan fingerprint density at radius 1 is 1.47 bits per heavy atom. The molecule has 1 aromatic carbocycles. The molecule has 0 bridgehead atoms. The molecule has 1 aromatic rings. The normalized spacial score (nSPS) is 17.2. The lowest BCUT2D eigenvalue weighted by Crippen LogP contribution is -2.37. The first kappa shape index (κ1) is 12.2. The average Bonchev–Trinajstić information content (AvgIpc) is 2.28. The standard InChI is InChI=1S/C12H15NO3S/c14-13(15)10-3-1-4-11(7-10)16-8-12(9-17)5-2-6-12/h1,3-4,7,17H,2,5-6,8-9H2. The van der Waals surface area contributed by atoms with Crippen molar-refractivity contribution in [3.63, 3.8) is 0 Å². The molecular weight excluding hydrogens is 238 g/mol. The summed E-state index contributed by atoms with van der Waals surface area (Å²) in [7, 11) is 0. The van der Waals surface area contributed by atoms with E-state index in [9.17, 15) is 10.1 Å². The number of non-ortho nitro benzene ring substituents is 1. The van der Waals surface area contributed by atoms with E-state index in [0.29, 0.717) is 12.4 Å². The summed E-state index contributed by atoms with van der Waals surface area (Å²) < 4.78 is 5.64. The average molecular weight is 253 g/mol. The maximum absolute atomic E-state index is 10.6. The Hall–Kier alpha value is -1.23. The van der Waals surface area contributed by atoms with Crippen molar-refractivity contribution in [3.8, 4) is 5.75 Å². The Kier molecular flexibility index (Phi) is 3.57. The number of ether oxygens (including phenoxy) is 1. The van der Waals surface area contributed by atoms with Crippen LogP contribution in [0.2, 0.25) is 0 Å². The van der Waals surface area contributed by atoms with Gasteiger partial charge >= 0.3 is 0 Å². The molecule has 1 fully saturated rings. The summed E-state index contributed by atoms with van der Waals surface area (Å²) in [5.74, 6) is 1.37. The maximum atomic E-state index is 10.6. The number of nitrogens with zero attached hydrogens (tertiary/aromatic N) is 1. The van der Waals surface area contributed by atoms with Gasteiger partial charge in [-0.15, -0.1) is 0 Å². The molecule has 5 heteroatoms. The summed E-state index contributed by atoms with van der Waals surface area (Å²) in [5, 5.41) is 10.6. The zero-order valence-corrected chi connectivity index (χ0v) is 10.4. The summed E-state index contributed by atoms with van der Waals surface area (Å²) in [6.07, 6.45) is 3.48. The number of rotatable bonds is 5. The van der Waals surface area contributed by atoms with Gasteiger partial charge in [-0.3, -0.25) is 10.1 Å². The minimum absolute atomic E-state index is 0.0658. The van der Waals surface area contributed by atoms with Crippen LogP contribution < -0.4 is 4.74 Å². The van der Waals surface area contributed by atoms with E-state index < -0.39 is 4.92 Å². The van der Waals surface area contributed by atoms with Crippen molar-refractivity contribution in [2.24, 2.45) is 5.41 Å². The van der Waals surface area contributed by atoms with E-state index in [1.54, 1.807) is 12.1 Å². The predicted octanol–water partition coefficient (Wildman–Crippen LogP) is 3.07. The van der Waals surface area contributed by atoms with Crippen LogP contribution in [0.15, 0.2) is 24.3 Å². The van der Waals surface area contributed by atoms with Gasteiger partial charge in [-0.1, -0.05) is 12.5 Å². The predicted molar refractivity (Wildman–Crippen MR) is 68.7 cm³/mol. The largest absolute Gasteiger partial charge is 0.493 e. The zero-order valence-electron chi connectivity index (χ0n) is 9.46. The molecule has 2 rings (SSSR count). The second-order valence-corrected chi connectivity index (χ2v) is 4.87. The molecule has 0 amide bonds. The summed E-state index contributed by atoms with van der Waals surface area (Å²) in [5.41, 5.74) is 0.240. The van der Waals surface area contributed by atoms with Crippen molar-refractivity contribution >= 4 is 18.3 Å². The van der Waals surface area contributed by atoms with Crippen molar-refractivity contribution in [1.29, 1.82) is 0 Å². The molecule has 0 aliphatic heterocycles. The van der Waals surface area contributed by atoms with Crippen LogP contribution in [0.3, 0.4) is 0 Å². The van der Waals surface area contributed by atoms with E-state index in [1.807, 2.05) is 0 Å². The molecule has 0 atom stereocenters. The van der Waals surface area contributed by atoms with Crippen LogP contribution in [-0.4, -0.2) is 17.3 Å². The highest BCUT2D eigenvalue weighted by Gasteiger charge is 2.36. The van der Waals surface area contributed by atoms with Gasteiger partial charge < -0.3 is 4.74 Å². The van der Waals surface area contributed by atoms with Crippen molar-refractivity contribution in [1.82, 2.24) is 0 Å². The van der Waals surface area contributed by atoms with Crippen LogP contribution in [-0.2, 0) is 0 Å². The highest BCUT2D eigenvalue weighted by atomic mass is 32.1. The second kappa shape index (κ2) is 4.96. The fraction of sp³-hybridized carbons (Fsp3) is 0.500. The van der Waals surface area contributed by atoms with Gasteiger partial charge in [0.1, 0.15) is 5.75 Å². The Bertz CT molecular complexity index is 412. The highest BCUT2D eigenvalue weighted by molar-refractivity contribution is 7.80. The summed E-state index contributed by atoms with van der Waals surface area (Å²) in [4.78, 5) is 10.2. The smallest absolute Gasteiger partial charge is 0.273 e. The topological polar surface area (TPSA) is 52.4 Å². The van der Waals surface area contributed by atoms with Gasteiger partial charge in [0.25, 0.3) is 5.69 Å². The number of hydrogen-bond acceptors (Lipinski definition) is 4. The quantitative estimate of drug-likeness (QED) is 0.498. The van der Waals surface area contributed by atoms with Gasteiger partial charge in [-0.2, -0.15) is 12.6 Å². The molecule has 92 valence electrons. The third kappa shape index (κ3) is 2.72. The molecule has 0 aromatic heterocycles. The number of nitro groups is 1. The fourth-order valence-corrected chi connectivity index (χ4v) is 2.36. The van der Waals surface area contributed by atoms with Gasteiger partial charge in [-0.25, -0.2) is 0 Å². The van der Waals surface area contributed by atoms with Crippen LogP contribution in [0, 0.1) is 15.5 Å². The summed E-state index contributed by atoms with van der Waals surface area (Å²) in [6, 6.07) is 6.31. The molecular formula is C12H15NO3S. The number of thiol groups is 1. The molecule has 0 spiro atoms. The SMILES string of the molecule is O=[N+]([O-])c1cccc(OCC2(CS)CCC2)c1. The van der Waals surface area contributed by atoms with Crippen molar-refractivity contribution < 1.29 is 9.66 Å². The van der Waals surface area contributed by atoms with E-state index in [1.165, 1.54) is 18.6 Å². The highest BCUT2D eigenvalue weighted by Crippen LogP contribution is 2.42. The van der Waals surface area contributed by atoms with E-state index in [-0.39, 0.29) is 11.1 Å². The fourth-order valence-electron chi connectivity index (χ4n) is 1.95. The Morgan fingerprint density at radius 3 is 2.76 bits per heavy atom. The molecule has 0 N–H and O–H groups in total.